The van der Waals surface area contributed by atoms with Gasteiger partial charge in [0.2, 0.25) is 53.2 Å². The number of thiol groups is 2. The van der Waals surface area contributed by atoms with E-state index >= 15 is 0 Å². The first-order valence-electron chi connectivity index (χ1n) is 29.2. The molecule has 2 aliphatic carbocycles. The lowest BCUT2D eigenvalue weighted by Gasteiger charge is -2.30. The number of nitrogens with one attached hydrogen (secondary N) is 14. The number of amides is 9. The van der Waals surface area contributed by atoms with Crippen LogP contribution in [-0.2, 0) is 47.9 Å². The first kappa shape index (κ1) is 67.5. The number of carbonyl (C=O) groups is 10. The quantitative estimate of drug-likeness (QED) is 0.0246. The second-order valence-electron chi connectivity index (χ2n) is 22.7. The Morgan fingerprint density at radius 1 is 0.578 bits per heavy atom. The lowest BCUT2D eigenvalue weighted by molar-refractivity contribution is -0.138. The van der Waals surface area contributed by atoms with Gasteiger partial charge in [-0.1, -0.05) is 53.4 Å². The minimum absolute atomic E-state index is 0.0474. The van der Waals surface area contributed by atoms with Gasteiger partial charge < -0.3 is 79.3 Å². The number of carbonyl (C=O) groups excluding carboxylic acids is 9. The monoisotopic (exact) mass is 1200 g/mol. The Bertz CT molecular complexity index is 2380. The summed E-state index contributed by atoms with van der Waals surface area (Å²) in [4.78, 5) is 134. The fraction of sp³-hybridized carbons (Fsp3) is 0.709. The van der Waals surface area contributed by atoms with E-state index in [0.717, 1.165) is 62.5 Å². The third-order valence-electron chi connectivity index (χ3n) is 15.4. The molecule has 28 heteroatoms. The van der Waals surface area contributed by atoms with Crippen LogP contribution in [-0.4, -0.2) is 168 Å². The molecule has 5 aliphatic rings. The van der Waals surface area contributed by atoms with E-state index < -0.39 is 122 Å². The molecule has 3 heterocycles. The average Bonchev–Trinajstić information content (AvgIpc) is 4.45. The molecule has 2 saturated carbocycles. The van der Waals surface area contributed by atoms with Crippen LogP contribution in [0.5, 0.6) is 0 Å². The van der Waals surface area contributed by atoms with Crippen LogP contribution in [0, 0.1) is 23.7 Å². The molecule has 5 rings (SSSR count). The molecule has 0 aromatic carbocycles. The lowest BCUT2D eigenvalue weighted by Crippen LogP contribution is -2.58. The van der Waals surface area contributed by atoms with Crippen LogP contribution >= 0.6 is 25.3 Å². The molecule has 0 saturated heterocycles. The van der Waals surface area contributed by atoms with E-state index in [1.807, 2.05) is 26.2 Å². The minimum Gasteiger partial charge on any atom is -0.481 e. The summed E-state index contributed by atoms with van der Waals surface area (Å²) in [7, 11) is 0. The topological polar surface area (TPSA) is 380 Å². The number of aliphatic carboxylic acids is 1. The van der Waals surface area contributed by atoms with Gasteiger partial charge in [0.1, 0.15) is 36.4 Å². The van der Waals surface area contributed by atoms with Gasteiger partial charge in [0.05, 0.1) is 32.3 Å². The first-order valence-corrected chi connectivity index (χ1v) is 30.5. The Morgan fingerprint density at radius 2 is 1.11 bits per heavy atom. The van der Waals surface area contributed by atoms with Gasteiger partial charge in [-0.15, -0.1) is 0 Å². The number of carboxylic acids is 1. The molecule has 9 amide bonds. The van der Waals surface area contributed by atoms with Gasteiger partial charge in [-0.3, -0.25) is 53.3 Å². The van der Waals surface area contributed by atoms with E-state index in [1.165, 1.54) is 0 Å². The molecule has 464 valence electrons. The van der Waals surface area contributed by atoms with Crippen LogP contribution in [0.25, 0.3) is 0 Å². The fourth-order valence-electron chi connectivity index (χ4n) is 11.1. The van der Waals surface area contributed by atoms with E-state index in [-0.39, 0.29) is 92.5 Å². The van der Waals surface area contributed by atoms with Gasteiger partial charge >= 0.3 is 5.97 Å². The average molecular weight is 1200 g/mol. The molecule has 3 aliphatic heterocycles. The van der Waals surface area contributed by atoms with Crippen molar-refractivity contribution in [2.75, 3.05) is 44.4 Å². The minimum atomic E-state index is -1.52. The molecular formula is C55H90N14O12S2. The molecule has 0 radical (unpaired) electrons. The third kappa shape index (κ3) is 22.4. The summed E-state index contributed by atoms with van der Waals surface area (Å²) in [5, 5.41) is 60.2. The SMILES string of the molecule is CC(C)C[C@H](NC(=O)[C@H](CC1=CNCN1)NC(=O)[C@H](CC1=CNC2CCCCC12)NC(=O)CNC(=O)CCS)C(=O)NCC(=O)N[C@@H](CCC(=O)O)C(=O)NCC(O)N[C@H](C(=O)N[C@@H](CC1=CNC2CCCCC12)C(=O)NCCS)C(C)C. The predicted molar refractivity (Wildman–Crippen MR) is 315 cm³/mol. The van der Waals surface area contributed by atoms with Crippen molar-refractivity contribution in [2.45, 2.75) is 179 Å². The Labute approximate surface area is 497 Å². The van der Waals surface area contributed by atoms with Crippen molar-refractivity contribution >= 4 is 84.4 Å². The number of hydrogen-bond donors (Lipinski definition) is 18. The summed E-state index contributed by atoms with van der Waals surface area (Å²) in [5.74, 6) is -6.67. The Hall–Kier alpha value is -6.26. The van der Waals surface area contributed by atoms with Crippen molar-refractivity contribution in [1.82, 2.24) is 74.4 Å². The van der Waals surface area contributed by atoms with Crippen LogP contribution in [0.15, 0.2) is 35.4 Å². The maximum Gasteiger partial charge on any atom is 0.303 e. The molecule has 0 bridgehead atoms. The highest BCUT2D eigenvalue weighted by Crippen LogP contribution is 2.37. The van der Waals surface area contributed by atoms with E-state index in [2.05, 4.69) is 99.7 Å². The summed E-state index contributed by atoms with van der Waals surface area (Å²) in [6.45, 7) is 6.17. The van der Waals surface area contributed by atoms with Gasteiger partial charge in [-0.05, 0) is 92.5 Å². The van der Waals surface area contributed by atoms with Crippen molar-refractivity contribution in [3.8, 4) is 0 Å². The van der Waals surface area contributed by atoms with Gasteiger partial charge in [0, 0.05) is 67.4 Å². The Balaban J connectivity index is 1.19. The zero-order valence-electron chi connectivity index (χ0n) is 48.2. The van der Waals surface area contributed by atoms with E-state index in [1.54, 1.807) is 20.0 Å². The second-order valence-corrected chi connectivity index (χ2v) is 23.6. The van der Waals surface area contributed by atoms with Gasteiger partial charge in [0.15, 0.2) is 0 Å². The molecule has 0 spiro atoms. The van der Waals surface area contributed by atoms with Gasteiger partial charge in [-0.2, -0.15) is 25.3 Å². The van der Waals surface area contributed by atoms with Crippen molar-refractivity contribution in [1.29, 1.82) is 0 Å². The number of fused-ring (bicyclic) bond motifs is 2. The van der Waals surface area contributed by atoms with E-state index in [9.17, 15) is 58.2 Å². The van der Waals surface area contributed by atoms with Gasteiger partial charge in [0.25, 0.3) is 0 Å². The molecule has 5 unspecified atom stereocenters. The Kier molecular flexibility index (Phi) is 28.1. The molecule has 2 fully saturated rings. The number of rotatable bonds is 35. The molecule has 26 nitrogen and oxygen atoms in total. The lowest BCUT2D eigenvalue weighted by atomic mass is 9.80. The second kappa shape index (κ2) is 34.5. The molecule has 16 N–H and O–H groups in total. The third-order valence-corrected chi connectivity index (χ3v) is 15.9. The maximum absolute atomic E-state index is 14.3. The van der Waals surface area contributed by atoms with E-state index in [4.69, 9.17) is 0 Å². The number of aliphatic hydroxyl groups excluding tert-OH is 1. The summed E-state index contributed by atoms with van der Waals surface area (Å²) < 4.78 is 0. The molecular weight excluding hydrogens is 1110 g/mol. The van der Waals surface area contributed by atoms with E-state index in [0.29, 0.717) is 18.1 Å². The molecule has 0 aromatic rings. The largest absolute Gasteiger partial charge is 0.481 e. The van der Waals surface area contributed by atoms with Crippen LogP contribution in [0.4, 0.5) is 0 Å². The first-order chi connectivity index (χ1) is 39.6. The molecule has 83 heavy (non-hydrogen) atoms. The predicted octanol–water partition coefficient (Wildman–Crippen LogP) is -1.78. The van der Waals surface area contributed by atoms with Crippen molar-refractivity contribution in [2.24, 2.45) is 23.7 Å². The normalized spacial score (nSPS) is 21.2. The van der Waals surface area contributed by atoms with Crippen LogP contribution in [0.2, 0.25) is 0 Å². The highest BCUT2D eigenvalue weighted by atomic mass is 32.1. The smallest absolute Gasteiger partial charge is 0.303 e. The zero-order valence-corrected chi connectivity index (χ0v) is 50.0. The van der Waals surface area contributed by atoms with Crippen LogP contribution in [0.3, 0.4) is 0 Å². The summed E-state index contributed by atoms with van der Waals surface area (Å²) in [6.07, 6.45) is 11.7. The maximum atomic E-state index is 14.3. The van der Waals surface area contributed by atoms with Crippen LogP contribution < -0.4 is 74.4 Å². The number of hydrogen-bond acceptors (Lipinski definition) is 18. The van der Waals surface area contributed by atoms with Crippen molar-refractivity contribution < 1.29 is 58.2 Å². The van der Waals surface area contributed by atoms with Gasteiger partial charge in [-0.25, -0.2) is 0 Å². The molecule has 11 atom stereocenters. The summed E-state index contributed by atoms with van der Waals surface area (Å²) in [6, 6.07) is -6.59. The standard InChI is InChI=1S/C55H90N14O12S2/c1-30(2)19-40(66-54(80)43(22-34-25-56-29-63-34)67-53(79)42(65-45(71)26-60-44(70)15-17-82)21-33-24-59-38-12-8-6-10-36(33)38)52(78)62-27-46(72)64-39(13-14-48(74)75)50(76)61-28-47(73)69-49(31(3)4)55(81)68-41(51(77)57-16-18-83)20-32-23-58-37-11-7-5-9-35(32)37/h23-25,30-31,35-43,47,49,56,58-59,63,69,73,82-83H,5-22,26-29H2,1-4H3,(H,57,77)(H,60,70)(H,61,76)(H,62,78)(H,64,72)(H,65,71)(H,66,80)(H,67,79)(H,68,81)(H,74,75)/t35?,36?,37?,38?,39-,40-,41-,42-,43-,47?,49-/m0/s1. The molecule has 0 aromatic heterocycles. The highest BCUT2D eigenvalue weighted by molar-refractivity contribution is 7.80. The number of aliphatic hydroxyl groups is 1. The van der Waals surface area contributed by atoms with Crippen molar-refractivity contribution in [3.05, 3.63) is 35.4 Å². The Morgan fingerprint density at radius 3 is 1.66 bits per heavy atom. The summed E-state index contributed by atoms with van der Waals surface area (Å²) >= 11 is 8.27. The fourth-order valence-corrected chi connectivity index (χ4v) is 11.4. The van der Waals surface area contributed by atoms with Crippen LogP contribution in [0.1, 0.15) is 124 Å². The summed E-state index contributed by atoms with van der Waals surface area (Å²) in [5.41, 5.74) is 2.56. The highest BCUT2D eigenvalue weighted by Gasteiger charge is 2.39. The zero-order chi connectivity index (χ0) is 60.6. The van der Waals surface area contributed by atoms with Crippen molar-refractivity contribution in [3.63, 3.8) is 0 Å². The number of carboxylic acid groups (broad SMARTS) is 1.